The van der Waals surface area contributed by atoms with Gasteiger partial charge in [-0.1, -0.05) is 6.07 Å². The van der Waals surface area contributed by atoms with Crippen molar-refractivity contribution in [3.63, 3.8) is 0 Å². The van der Waals surface area contributed by atoms with Crippen molar-refractivity contribution in [1.29, 1.82) is 5.26 Å². The largest absolute Gasteiger partial charge is 0.495 e. The van der Waals surface area contributed by atoms with Crippen LogP contribution in [0.5, 0.6) is 11.5 Å². The first-order valence-electron chi connectivity index (χ1n) is 12.3. The number of carbonyl (C=O) groups excluding carboxylic acids is 1. The molecule has 1 saturated carbocycles. The summed E-state index contributed by atoms with van der Waals surface area (Å²) >= 11 is 0. The van der Waals surface area contributed by atoms with Gasteiger partial charge >= 0.3 is 0 Å². The molecule has 3 aromatic rings. The van der Waals surface area contributed by atoms with Crippen molar-refractivity contribution in [1.82, 2.24) is 20.7 Å². The zero-order chi connectivity index (χ0) is 27.5. The van der Waals surface area contributed by atoms with E-state index in [4.69, 9.17) is 9.26 Å². The number of hydrogen-bond donors (Lipinski definition) is 3. The summed E-state index contributed by atoms with van der Waals surface area (Å²) in [6.07, 6.45) is 9.23. The number of nitriles is 1. The van der Waals surface area contributed by atoms with Crippen molar-refractivity contribution in [3.05, 3.63) is 59.9 Å². The predicted octanol–water partition coefficient (Wildman–Crippen LogP) is 4.46. The van der Waals surface area contributed by atoms with Crippen LogP contribution in [0, 0.1) is 17.2 Å². The van der Waals surface area contributed by atoms with E-state index in [0.717, 1.165) is 11.1 Å². The quantitative estimate of drug-likeness (QED) is 0.0940. The van der Waals surface area contributed by atoms with E-state index in [-0.39, 0.29) is 14.7 Å². The summed E-state index contributed by atoms with van der Waals surface area (Å²) in [5.41, 5.74) is 6.00. The maximum absolute atomic E-state index is 12.4. The molecule has 1 unspecified atom stereocenters. The lowest BCUT2D eigenvalue weighted by Gasteiger charge is -2.12. The lowest BCUT2D eigenvalue weighted by molar-refractivity contribution is 0.0951. The number of anilines is 2. The summed E-state index contributed by atoms with van der Waals surface area (Å²) in [6.45, 7) is 2.51. The Morgan fingerprint density at radius 1 is 1.18 bits per heavy atom. The summed E-state index contributed by atoms with van der Waals surface area (Å²) < 4.78 is 11.3. The number of methoxy groups -OCH3 is 1. The van der Waals surface area contributed by atoms with Gasteiger partial charge in [-0.15, -0.1) is 0 Å². The number of nitrogens with one attached hydrogen (secondary N) is 3. The Balaban J connectivity index is 1.40. The average molecular weight is 545 g/mol. The van der Waals surface area contributed by atoms with Crippen molar-refractivity contribution >= 4 is 38.9 Å². The number of benzene rings is 2. The number of amides is 1. The van der Waals surface area contributed by atoms with E-state index in [1.165, 1.54) is 19.2 Å². The molecule has 1 heterocycles. The fourth-order valence-electron chi connectivity index (χ4n) is 3.47. The van der Waals surface area contributed by atoms with E-state index in [0.29, 0.717) is 53.0 Å². The van der Waals surface area contributed by atoms with Crippen LogP contribution in [-0.4, -0.2) is 48.4 Å². The van der Waals surface area contributed by atoms with Gasteiger partial charge < -0.3 is 25.3 Å². The zero-order valence-corrected chi connectivity index (χ0v) is 22.6. The van der Waals surface area contributed by atoms with Crippen LogP contribution in [-0.2, 0) is 0 Å². The molecule has 1 aliphatic carbocycles. The van der Waals surface area contributed by atoms with Crippen LogP contribution in [0.4, 0.5) is 11.6 Å². The van der Waals surface area contributed by atoms with Gasteiger partial charge in [0.25, 0.3) is 5.91 Å². The van der Waals surface area contributed by atoms with E-state index in [1.54, 1.807) is 63.0 Å². The van der Waals surface area contributed by atoms with Crippen LogP contribution < -0.4 is 25.3 Å². The summed E-state index contributed by atoms with van der Waals surface area (Å²) in [4.78, 5) is 25.1. The molecule has 11 nitrogen and oxygen atoms in total. The third-order valence-electron chi connectivity index (χ3n) is 5.74. The monoisotopic (exact) mass is 544 g/mol. The van der Waals surface area contributed by atoms with Crippen LogP contribution in [0.15, 0.2) is 58.9 Å². The van der Waals surface area contributed by atoms with Crippen LogP contribution >= 0.6 is 8.81 Å². The van der Waals surface area contributed by atoms with Gasteiger partial charge in [0.2, 0.25) is 5.95 Å². The molecule has 200 valence electrons. The summed E-state index contributed by atoms with van der Waals surface area (Å²) in [5.74, 6) is 1.83. The maximum atomic E-state index is 12.4. The number of carbonyl (C=O) groups is 1. The Morgan fingerprint density at radius 2 is 2.00 bits per heavy atom. The minimum absolute atomic E-state index is 0.0479. The normalized spacial score (nSPS) is 13.1. The summed E-state index contributed by atoms with van der Waals surface area (Å²) in [7, 11) is 1.60. The van der Waals surface area contributed by atoms with Gasteiger partial charge in [0.1, 0.15) is 23.9 Å². The minimum atomic E-state index is -0.120. The first kappa shape index (κ1) is 27.5. The van der Waals surface area contributed by atoms with Crippen molar-refractivity contribution in [2.45, 2.75) is 19.8 Å². The highest BCUT2D eigenvalue weighted by molar-refractivity contribution is 7.32. The predicted molar refractivity (Wildman–Crippen MR) is 153 cm³/mol. The Bertz CT molecular complexity index is 1380. The number of aliphatic imine (C=N–C) groups is 1. The molecule has 1 aliphatic rings. The van der Waals surface area contributed by atoms with Crippen molar-refractivity contribution in [3.8, 4) is 28.7 Å². The third-order valence-corrected chi connectivity index (χ3v) is 6.41. The Hall–Kier alpha value is -4.55. The number of ether oxygens (including phenoxy) is 1. The second-order valence-corrected chi connectivity index (χ2v) is 9.39. The molecule has 39 heavy (non-hydrogen) atoms. The van der Waals surface area contributed by atoms with Crippen LogP contribution in [0.25, 0.3) is 11.1 Å². The lowest BCUT2D eigenvalue weighted by atomic mass is 10.1. The average Bonchev–Trinajstić information content (AvgIpc) is 3.80. The van der Waals surface area contributed by atoms with E-state index in [2.05, 4.69) is 42.2 Å². The molecular formula is C27H29N8O3P. The molecule has 0 spiro atoms. The summed E-state index contributed by atoms with van der Waals surface area (Å²) in [6, 6.07) is 12.7. The van der Waals surface area contributed by atoms with Crippen molar-refractivity contribution < 1.29 is 14.1 Å². The Labute approximate surface area is 228 Å². The van der Waals surface area contributed by atoms with E-state index in [1.807, 2.05) is 6.07 Å². The number of hydrazone groups is 1. The third kappa shape index (κ3) is 7.97. The Kier molecular flexibility index (Phi) is 9.75. The van der Waals surface area contributed by atoms with Gasteiger partial charge in [-0.05, 0) is 61.6 Å². The molecule has 0 radical (unpaired) electrons. The van der Waals surface area contributed by atoms with Crippen LogP contribution in [0.1, 0.15) is 35.7 Å². The second-order valence-electron chi connectivity index (χ2n) is 8.54. The molecule has 0 bridgehead atoms. The molecule has 0 saturated heterocycles. The molecule has 3 N–H and O–H groups in total. The number of aromatic nitrogens is 2. The smallest absolute Gasteiger partial charge is 0.251 e. The van der Waals surface area contributed by atoms with Gasteiger partial charge in [-0.25, -0.2) is 15.0 Å². The first-order chi connectivity index (χ1) is 19.1. The molecule has 1 fully saturated rings. The topological polar surface area (TPSA) is 146 Å². The number of nitrogens with zero attached hydrogens (tertiary/aromatic N) is 5. The fourth-order valence-corrected chi connectivity index (χ4v) is 4.02. The number of rotatable bonds is 13. The minimum Gasteiger partial charge on any atom is -0.495 e. The highest BCUT2D eigenvalue weighted by Crippen LogP contribution is 2.32. The van der Waals surface area contributed by atoms with Gasteiger partial charge in [-0.3, -0.25) is 4.79 Å². The SMILES string of the molecule is CC=N/C=N\NCPOc1cc(-c2cnc(Nc3ccc(C(=O)NCC4CC4)cc3OC)nc2)ccc1C#N. The molecule has 1 atom stereocenters. The number of hydrogen-bond acceptors (Lipinski definition) is 9. The van der Waals surface area contributed by atoms with E-state index < -0.39 is 0 Å². The highest BCUT2D eigenvalue weighted by Gasteiger charge is 2.22. The van der Waals surface area contributed by atoms with Crippen molar-refractivity contribution in [2.75, 3.05) is 25.3 Å². The lowest BCUT2D eigenvalue weighted by Crippen LogP contribution is -2.25. The molecule has 1 aromatic heterocycles. The molecule has 0 aliphatic heterocycles. The standard InChI is InChI=1S/C27H29N8O3P/c1-3-29-16-33-34-17-39-38-24-10-19(6-7-21(24)12-28)22-14-31-27(32-15-22)35-23-9-8-20(11-25(23)37-2)26(36)30-13-18-4-5-18/h3,6-11,14-16,18,34,39H,4-5,13,17H2,1-2H3,(H,30,36)(H,31,32,35)/b29-3?,33-16-. The molecular weight excluding hydrogens is 515 g/mol. The van der Waals surface area contributed by atoms with Gasteiger partial charge in [0, 0.05) is 36.3 Å². The Morgan fingerprint density at radius 3 is 2.72 bits per heavy atom. The summed E-state index contributed by atoms with van der Waals surface area (Å²) in [5, 5.41) is 19.5. The second kappa shape index (κ2) is 13.8. The van der Waals surface area contributed by atoms with E-state index >= 15 is 0 Å². The van der Waals surface area contributed by atoms with Gasteiger partial charge in [-0.2, -0.15) is 10.4 Å². The molecule has 2 aromatic carbocycles. The zero-order valence-electron chi connectivity index (χ0n) is 21.6. The first-order valence-corrected chi connectivity index (χ1v) is 13.4. The fraction of sp³-hybridized carbons (Fsp3) is 0.259. The van der Waals surface area contributed by atoms with Gasteiger partial charge in [0.15, 0.2) is 0 Å². The van der Waals surface area contributed by atoms with E-state index in [9.17, 15) is 10.1 Å². The van der Waals surface area contributed by atoms with Crippen LogP contribution in [0.3, 0.4) is 0 Å². The maximum Gasteiger partial charge on any atom is 0.251 e. The van der Waals surface area contributed by atoms with Gasteiger partial charge in [0.05, 0.1) is 33.5 Å². The molecule has 4 rings (SSSR count). The van der Waals surface area contributed by atoms with Crippen LogP contribution in [0.2, 0.25) is 0 Å². The molecule has 1 amide bonds. The van der Waals surface area contributed by atoms with Crippen molar-refractivity contribution in [2.24, 2.45) is 16.0 Å². The molecule has 12 heteroatoms. The highest BCUT2D eigenvalue weighted by atomic mass is 31.1.